The van der Waals surface area contributed by atoms with Crippen molar-refractivity contribution >= 4 is 24.5 Å². The minimum atomic E-state index is -0.375. The molecule has 5 heteroatoms. The molecular formula is C20H31BN2O2. The van der Waals surface area contributed by atoms with Gasteiger partial charge in [-0.15, -0.1) is 0 Å². The molecule has 1 aromatic rings. The van der Waals surface area contributed by atoms with Gasteiger partial charge in [0.05, 0.1) is 11.2 Å². The van der Waals surface area contributed by atoms with Gasteiger partial charge in [-0.3, -0.25) is 4.99 Å². The van der Waals surface area contributed by atoms with E-state index < -0.39 is 0 Å². The Bertz CT molecular complexity index is 621. The number of benzene rings is 1. The Labute approximate surface area is 152 Å². The van der Waals surface area contributed by atoms with Crippen LogP contribution in [0.15, 0.2) is 23.2 Å². The van der Waals surface area contributed by atoms with Gasteiger partial charge in [0.25, 0.3) is 0 Å². The Morgan fingerprint density at radius 1 is 1.12 bits per heavy atom. The molecule has 0 amide bonds. The predicted octanol–water partition coefficient (Wildman–Crippen LogP) is 3.57. The van der Waals surface area contributed by atoms with Gasteiger partial charge in [0.1, 0.15) is 0 Å². The molecule has 1 heterocycles. The fourth-order valence-corrected chi connectivity index (χ4v) is 3.51. The van der Waals surface area contributed by atoms with Gasteiger partial charge >= 0.3 is 7.12 Å². The van der Waals surface area contributed by atoms with Crippen molar-refractivity contribution in [3.8, 4) is 0 Å². The first-order chi connectivity index (χ1) is 11.8. The monoisotopic (exact) mass is 342 g/mol. The molecule has 2 N–H and O–H groups in total. The molecule has 1 aromatic carbocycles. The summed E-state index contributed by atoms with van der Waals surface area (Å²) in [5.74, 6) is 0.746. The van der Waals surface area contributed by atoms with E-state index in [1.165, 1.54) is 32.1 Å². The highest BCUT2D eigenvalue weighted by Gasteiger charge is 2.51. The van der Waals surface area contributed by atoms with Gasteiger partial charge in [0.2, 0.25) is 0 Å². The lowest BCUT2D eigenvalue weighted by Crippen LogP contribution is -2.41. The molecule has 4 nitrogen and oxygen atoms in total. The van der Waals surface area contributed by atoms with E-state index in [0.29, 0.717) is 0 Å². The fourth-order valence-electron chi connectivity index (χ4n) is 3.51. The summed E-state index contributed by atoms with van der Waals surface area (Å²) >= 11 is 0. The van der Waals surface area contributed by atoms with Gasteiger partial charge in [-0.25, -0.2) is 0 Å². The van der Waals surface area contributed by atoms with Gasteiger partial charge in [-0.1, -0.05) is 31.4 Å². The van der Waals surface area contributed by atoms with Crippen molar-refractivity contribution in [2.24, 2.45) is 10.9 Å². The molecule has 0 aromatic heterocycles. The molecule has 3 rings (SSSR count). The van der Waals surface area contributed by atoms with Crippen LogP contribution in [-0.4, -0.2) is 31.1 Å². The van der Waals surface area contributed by atoms with Gasteiger partial charge < -0.3 is 15.0 Å². The molecule has 1 aliphatic carbocycles. The highest BCUT2D eigenvalue weighted by Crippen LogP contribution is 2.36. The van der Waals surface area contributed by atoms with Crippen LogP contribution in [0, 0.1) is 5.92 Å². The molecular weight excluding hydrogens is 311 g/mol. The summed E-state index contributed by atoms with van der Waals surface area (Å²) in [6, 6.07) is 5.99. The number of hydrogen-bond acceptors (Lipinski definition) is 4. The van der Waals surface area contributed by atoms with Crippen LogP contribution in [0.5, 0.6) is 0 Å². The van der Waals surface area contributed by atoms with E-state index in [2.05, 4.69) is 32.7 Å². The quantitative estimate of drug-likeness (QED) is 0.517. The largest absolute Gasteiger partial charge is 0.494 e. The molecule has 2 aliphatic rings. The zero-order valence-corrected chi connectivity index (χ0v) is 16.0. The summed E-state index contributed by atoms with van der Waals surface area (Å²) < 4.78 is 12.2. The van der Waals surface area contributed by atoms with Crippen LogP contribution in [0.3, 0.4) is 0 Å². The van der Waals surface area contributed by atoms with E-state index in [1.54, 1.807) is 0 Å². The minimum absolute atomic E-state index is 0.341. The average molecular weight is 342 g/mol. The Morgan fingerprint density at radius 2 is 1.76 bits per heavy atom. The Balaban J connectivity index is 1.65. The number of nitrogens with zero attached hydrogens (tertiary/aromatic N) is 1. The summed E-state index contributed by atoms with van der Waals surface area (Å²) in [4.78, 5) is 4.63. The Hall–Kier alpha value is -1.33. The van der Waals surface area contributed by atoms with Crippen LogP contribution in [0.4, 0.5) is 5.69 Å². The zero-order chi connectivity index (χ0) is 18.1. The molecule has 0 unspecified atom stereocenters. The van der Waals surface area contributed by atoms with E-state index in [1.807, 2.05) is 24.4 Å². The smallest absolute Gasteiger partial charge is 0.399 e. The standard InChI is InChI=1S/C20H31BN2O2/c1-19(2)20(3,4)25-21(24-19)17-11-10-16(18(22)12-17)14-23-13-15-8-6-5-7-9-15/h10-12,14-15H,5-9,13,22H2,1-4H3. The maximum atomic E-state index is 6.24. The first-order valence-electron chi connectivity index (χ1n) is 9.53. The number of rotatable bonds is 4. The third kappa shape index (κ3) is 4.09. The van der Waals surface area contributed by atoms with E-state index >= 15 is 0 Å². The second-order valence-corrected chi connectivity index (χ2v) is 8.47. The number of nitrogen functional groups attached to an aromatic ring is 1. The van der Waals surface area contributed by atoms with Crippen LogP contribution in [-0.2, 0) is 9.31 Å². The number of nitrogens with two attached hydrogens (primary N) is 1. The molecule has 2 fully saturated rings. The molecule has 1 aliphatic heterocycles. The minimum Gasteiger partial charge on any atom is -0.399 e. The average Bonchev–Trinajstić information content (AvgIpc) is 2.78. The second kappa shape index (κ2) is 7.12. The van der Waals surface area contributed by atoms with Crippen LogP contribution in [0.1, 0.15) is 65.4 Å². The first kappa shape index (κ1) is 18.5. The van der Waals surface area contributed by atoms with Crippen molar-refractivity contribution in [2.75, 3.05) is 12.3 Å². The normalized spacial score (nSPS) is 23.4. The number of anilines is 1. The summed E-state index contributed by atoms with van der Waals surface area (Å²) in [6.07, 6.45) is 8.63. The Kier molecular flexibility index (Phi) is 5.26. The Morgan fingerprint density at radius 3 is 2.36 bits per heavy atom. The van der Waals surface area contributed by atoms with Gasteiger partial charge in [-0.05, 0) is 58.0 Å². The third-order valence-corrected chi connectivity index (χ3v) is 5.95. The van der Waals surface area contributed by atoms with Crippen molar-refractivity contribution < 1.29 is 9.31 Å². The van der Waals surface area contributed by atoms with Crippen LogP contribution < -0.4 is 11.2 Å². The topological polar surface area (TPSA) is 56.8 Å². The fraction of sp³-hybridized carbons (Fsp3) is 0.650. The van der Waals surface area contributed by atoms with Gasteiger partial charge in [0.15, 0.2) is 0 Å². The SMILES string of the molecule is CC1(C)OB(c2ccc(C=NCC3CCCCC3)c(N)c2)OC1(C)C. The van der Waals surface area contributed by atoms with Crippen LogP contribution in [0.2, 0.25) is 0 Å². The van der Waals surface area contributed by atoms with Crippen molar-refractivity contribution in [2.45, 2.75) is 71.0 Å². The highest BCUT2D eigenvalue weighted by atomic mass is 16.7. The summed E-state index contributed by atoms with van der Waals surface area (Å²) in [6.45, 7) is 9.15. The zero-order valence-electron chi connectivity index (χ0n) is 16.0. The molecule has 0 atom stereocenters. The maximum Gasteiger partial charge on any atom is 0.494 e. The summed E-state index contributed by atoms with van der Waals surface area (Å²) in [7, 11) is -0.375. The lowest BCUT2D eigenvalue weighted by atomic mass is 9.78. The van der Waals surface area contributed by atoms with Crippen molar-refractivity contribution in [1.82, 2.24) is 0 Å². The molecule has 136 valence electrons. The molecule has 1 saturated heterocycles. The molecule has 0 bridgehead atoms. The van der Waals surface area contributed by atoms with E-state index in [9.17, 15) is 0 Å². The first-order valence-corrected chi connectivity index (χ1v) is 9.53. The van der Waals surface area contributed by atoms with Crippen molar-refractivity contribution in [3.05, 3.63) is 23.8 Å². The molecule has 25 heavy (non-hydrogen) atoms. The van der Waals surface area contributed by atoms with E-state index in [4.69, 9.17) is 15.0 Å². The van der Waals surface area contributed by atoms with E-state index in [0.717, 1.165) is 29.2 Å². The lowest BCUT2D eigenvalue weighted by molar-refractivity contribution is 0.00578. The summed E-state index contributed by atoms with van der Waals surface area (Å²) in [5.41, 5.74) is 8.21. The van der Waals surface area contributed by atoms with Crippen LogP contribution in [0.25, 0.3) is 0 Å². The highest BCUT2D eigenvalue weighted by molar-refractivity contribution is 6.62. The van der Waals surface area contributed by atoms with Gasteiger partial charge in [-0.2, -0.15) is 0 Å². The third-order valence-electron chi connectivity index (χ3n) is 5.95. The van der Waals surface area contributed by atoms with Crippen molar-refractivity contribution in [1.29, 1.82) is 0 Å². The maximum absolute atomic E-state index is 6.24. The van der Waals surface area contributed by atoms with Crippen molar-refractivity contribution in [3.63, 3.8) is 0 Å². The summed E-state index contributed by atoms with van der Waals surface area (Å²) in [5, 5.41) is 0. The lowest BCUT2D eigenvalue weighted by Gasteiger charge is -2.32. The molecule has 1 saturated carbocycles. The number of aliphatic imine (C=N–C) groups is 1. The van der Waals surface area contributed by atoms with Gasteiger partial charge in [0, 0.05) is 24.0 Å². The number of hydrogen-bond donors (Lipinski definition) is 1. The molecule has 0 spiro atoms. The molecule has 0 radical (unpaired) electrons. The predicted molar refractivity (Wildman–Crippen MR) is 106 cm³/mol. The second-order valence-electron chi connectivity index (χ2n) is 8.47. The van der Waals surface area contributed by atoms with Crippen LogP contribution >= 0.6 is 0 Å². The van der Waals surface area contributed by atoms with E-state index in [-0.39, 0.29) is 18.3 Å².